The SMILES string of the molecule is CC(C)(C)NC(=O)c1cc2c(=O)n3ccccc3nc2n(CCO)c1=N. The summed E-state index contributed by atoms with van der Waals surface area (Å²) in [4.78, 5) is 29.9. The Labute approximate surface area is 149 Å². The maximum Gasteiger partial charge on any atom is 0.267 e. The number of nitrogens with zero attached hydrogens (tertiary/aromatic N) is 3. The fourth-order valence-electron chi connectivity index (χ4n) is 2.79. The lowest BCUT2D eigenvalue weighted by Crippen LogP contribution is -2.43. The number of pyridine rings is 2. The number of aliphatic hydroxyl groups is 1. The lowest BCUT2D eigenvalue weighted by molar-refractivity contribution is 0.0916. The minimum Gasteiger partial charge on any atom is -0.395 e. The van der Waals surface area contributed by atoms with Gasteiger partial charge in [0, 0.05) is 18.3 Å². The number of amides is 1. The molecule has 136 valence electrons. The van der Waals surface area contributed by atoms with Crippen molar-refractivity contribution in [1.29, 1.82) is 5.41 Å². The molecule has 0 spiro atoms. The Bertz CT molecular complexity index is 1120. The molecule has 3 heterocycles. The third-order valence-electron chi connectivity index (χ3n) is 3.88. The van der Waals surface area contributed by atoms with Crippen molar-refractivity contribution in [2.45, 2.75) is 32.9 Å². The Morgan fingerprint density at radius 2 is 2.08 bits per heavy atom. The Morgan fingerprint density at radius 3 is 2.73 bits per heavy atom. The van der Waals surface area contributed by atoms with E-state index in [4.69, 9.17) is 5.41 Å². The molecule has 0 atom stereocenters. The molecule has 0 bridgehead atoms. The molecule has 0 aliphatic heterocycles. The van der Waals surface area contributed by atoms with E-state index in [1.807, 2.05) is 20.8 Å². The molecule has 1 amide bonds. The number of hydrogen-bond donors (Lipinski definition) is 3. The molecule has 3 aromatic rings. The van der Waals surface area contributed by atoms with Crippen LogP contribution in [0.1, 0.15) is 31.1 Å². The van der Waals surface area contributed by atoms with Crippen molar-refractivity contribution in [2.75, 3.05) is 6.61 Å². The van der Waals surface area contributed by atoms with E-state index in [0.29, 0.717) is 5.65 Å². The molecular weight excluding hydrogens is 334 g/mol. The van der Waals surface area contributed by atoms with Gasteiger partial charge in [0.1, 0.15) is 16.8 Å². The quantitative estimate of drug-likeness (QED) is 0.599. The van der Waals surface area contributed by atoms with Crippen LogP contribution < -0.4 is 16.4 Å². The van der Waals surface area contributed by atoms with Gasteiger partial charge in [0.2, 0.25) is 0 Å². The van der Waals surface area contributed by atoms with Crippen molar-refractivity contribution < 1.29 is 9.90 Å². The number of rotatable bonds is 3. The second kappa shape index (κ2) is 6.38. The highest BCUT2D eigenvalue weighted by atomic mass is 16.3. The van der Waals surface area contributed by atoms with Gasteiger partial charge < -0.3 is 15.0 Å². The van der Waals surface area contributed by atoms with Crippen LogP contribution in [0.3, 0.4) is 0 Å². The summed E-state index contributed by atoms with van der Waals surface area (Å²) >= 11 is 0. The van der Waals surface area contributed by atoms with Crippen LogP contribution in [0.15, 0.2) is 35.3 Å². The third kappa shape index (κ3) is 3.11. The molecule has 0 aliphatic carbocycles. The zero-order chi connectivity index (χ0) is 19.1. The molecule has 3 rings (SSSR count). The zero-order valence-electron chi connectivity index (χ0n) is 14.9. The molecule has 0 fully saturated rings. The molecule has 0 saturated carbocycles. The Kier molecular flexibility index (Phi) is 4.37. The molecule has 0 unspecified atom stereocenters. The number of carbonyl (C=O) groups is 1. The molecule has 0 saturated heterocycles. The first-order valence-electron chi connectivity index (χ1n) is 8.26. The Hall–Kier alpha value is -3.00. The van der Waals surface area contributed by atoms with Crippen LogP contribution in [-0.2, 0) is 6.54 Å². The average Bonchev–Trinajstić information content (AvgIpc) is 2.56. The van der Waals surface area contributed by atoms with Crippen molar-refractivity contribution in [3.05, 3.63) is 51.9 Å². The molecule has 0 radical (unpaired) electrons. The standard InChI is InChI=1S/C18H21N5O3/c1-18(2,3)21-16(25)11-10-12-15(23(8-9-24)14(11)19)20-13-6-4-5-7-22(13)17(12)26/h4-7,10,19,24H,8-9H2,1-3H3,(H,21,25). The van der Waals surface area contributed by atoms with Crippen molar-refractivity contribution >= 4 is 22.6 Å². The lowest BCUT2D eigenvalue weighted by atomic mass is 10.1. The monoisotopic (exact) mass is 355 g/mol. The number of aliphatic hydroxyl groups excluding tert-OH is 1. The number of nitrogens with one attached hydrogen (secondary N) is 2. The van der Waals surface area contributed by atoms with E-state index in [-0.39, 0.29) is 40.8 Å². The smallest absolute Gasteiger partial charge is 0.267 e. The van der Waals surface area contributed by atoms with E-state index in [1.54, 1.807) is 24.4 Å². The van der Waals surface area contributed by atoms with E-state index in [2.05, 4.69) is 10.3 Å². The molecule has 8 heteroatoms. The molecular formula is C18H21N5O3. The van der Waals surface area contributed by atoms with Crippen LogP contribution in [0.5, 0.6) is 0 Å². The Balaban J connectivity index is 2.38. The summed E-state index contributed by atoms with van der Waals surface area (Å²) in [7, 11) is 0. The van der Waals surface area contributed by atoms with Gasteiger partial charge in [-0.1, -0.05) is 6.07 Å². The van der Waals surface area contributed by atoms with Gasteiger partial charge in [-0.05, 0) is 39.0 Å². The first kappa shape index (κ1) is 17.8. The maximum atomic E-state index is 12.9. The number of aromatic nitrogens is 3. The van der Waals surface area contributed by atoms with Crippen molar-refractivity contribution in [3.63, 3.8) is 0 Å². The first-order valence-corrected chi connectivity index (χ1v) is 8.26. The summed E-state index contributed by atoms with van der Waals surface area (Å²) < 4.78 is 2.78. The molecule has 3 N–H and O–H groups in total. The summed E-state index contributed by atoms with van der Waals surface area (Å²) in [6, 6.07) is 6.57. The van der Waals surface area contributed by atoms with Crippen LogP contribution in [0.4, 0.5) is 0 Å². The first-order chi connectivity index (χ1) is 12.2. The minimum absolute atomic E-state index is 0.0570. The molecule has 3 aromatic heterocycles. The number of fused-ring (bicyclic) bond motifs is 2. The van der Waals surface area contributed by atoms with Crippen LogP contribution >= 0.6 is 0 Å². The largest absolute Gasteiger partial charge is 0.395 e. The van der Waals surface area contributed by atoms with Gasteiger partial charge in [0.15, 0.2) is 0 Å². The molecule has 0 aromatic carbocycles. The van der Waals surface area contributed by atoms with E-state index in [0.717, 1.165) is 0 Å². The van der Waals surface area contributed by atoms with E-state index < -0.39 is 11.4 Å². The highest BCUT2D eigenvalue weighted by molar-refractivity contribution is 5.97. The maximum absolute atomic E-state index is 12.9. The Morgan fingerprint density at radius 1 is 1.35 bits per heavy atom. The number of carbonyl (C=O) groups excluding carboxylic acids is 1. The van der Waals surface area contributed by atoms with Crippen LogP contribution in [0, 0.1) is 5.41 Å². The topological polar surface area (TPSA) is 112 Å². The molecule has 0 aliphatic rings. The minimum atomic E-state index is -0.489. The van der Waals surface area contributed by atoms with Crippen LogP contribution in [-0.4, -0.2) is 37.1 Å². The fraction of sp³-hybridized carbons (Fsp3) is 0.333. The second-order valence-electron chi connectivity index (χ2n) is 7.07. The van der Waals surface area contributed by atoms with E-state index in [9.17, 15) is 14.7 Å². The van der Waals surface area contributed by atoms with Gasteiger partial charge in [-0.25, -0.2) is 4.98 Å². The summed E-state index contributed by atoms with van der Waals surface area (Å²) in [6.07, 6.45) is 1.60. The number of hydrogen-bond acceptors (Lipinski definition) is 5. The van der Waals surface area contributed by atoms with Gasteiger partial charge in [0.05, 0.1) is 17.6 Å². The molecule has 8 nitrogen and oxygen atoms in total. The summed E-state index contributed by atoms with van der Waals surface area (Å²) in [5.74, 6) is -0.450. The van der Waals surface area contributed by atoms with Gasteiger partial charge in [0.25, 0.3) is 11.5 Å². The van der Waals surface area contributed by atoms with Crippen LogP contribution in [0.25, 0.3) is 16.7 Å². The predicted octanol–water partition coefficient (Wildman–Crippen LogP) is 0.649. The average molecular weight is 355 g/mol. The van der Waals surface area contributed by atoms with Gasteiger partial charge >= 0.3 is 0 Å². The summed E-state index contributed by atoms with van der Waals surface area (Å²) in [5.41, 5.74) is -0.148. The van der Waals surface area contributed by atoms with Gasteiger partial charge in [-0.15, -0.1) is 0 Å². The summed E-state index contributed by atoms with van der Waals surface area (Å²) in [6.45, 7) is 5.32. The van der Waals surface area contributed by atoms with E-state index in [1.165, 1.54) is 15.0 Å². The van der Waals surface area contributed by atoms with Gasteiger partial charge in [-0.3, -0.25) is 19.4 Å². The summed E-state index contributed by atoms with van der Waals surface area (Å²) in [5, 5.41) is 20.8. The highest BCUT2D eigenvalue weighted by Gasteiger charge is 2.20. The van der Waals surface area contributed by atoms with Crippen molar-refractivity contribution in [2.24, 2.45) is 0 Å². The fourth-order valence-corrected chi connectivity index (χ4v) is 2.79. The molecule has 26 heavy (non-hydrogen) atoms. The highest BCUT2D eigenvalue weighted by Crippen LogP contribution is 2.11. The predicted molar refractivity (Wildman–Crippen MR) is 97.1 cm³/mol. The second-order valence-corrected chi connectivity index (χ2v) is 7.07. The van der Waals surface area contributed by atoms with Gasteiger partial charge in [-0.2, -0.15) is 0 Å². The van der Waals surface area contributed by atoms with Crippen molar-refractivity contribution in [1.82, 2.24) is 19.3 Å². The van der Waals surface area contributed by atoms with E-state index >= 15 is 0 Å². The third-order valence-corrected chi connectivity index (χ3v) is 3.88. The zero-order valence-corrected chi connectivity index (χ0v) is 14.9. The van der Waals surface area contributed by atoms with Crippen molar-refractivity contribution in [3.8, 4) is 0 Å². The lowest BCUT2D eigenvalue weighted by Gasteiger charge is -2.21. The normalized spacial score (nSPS) is 11.8. The van der Waals surface area contributed by atoms with Crippen LogP contribution in [0.2, 0.25) is 0 Å².